The number of phenolic OH excluding ortho intramolecular Hbond substituents is 1. The lowest BCUT2D eigenvalue weighted by molar-refractivity contribution is 0.474. The SMILES string of the molecule is CCC(C)n1ccc(NCc2cccc(O)c2)n1. The van der Waals surface area contributed by atoms with Crippen LogP contribution in [0.4, 0.5) is 5.82 Å². The molecule has 1 heterocycles. The Labute approximate surface area is 107 Å². The second kappa shape index (κ2) is 5.58. The molecule has 0 aliphatic carbocycles. The van der Waals surface area contributed by atoms with Gasteiger partial charge in [0.1, 0.15) is 11.6 Å². The lowest BCUT2D eigenvalue weighted by Crippen LogP contribution is -2.06. The minimum absolute atomic E-state index is 0.291. The number of anilines is 1. The topological polar surface area (TPSA) is 50.1 Å². The average molecular weight is 245 g/mol. The second-order valence-corrected chi connectivity index (χ2v) is 4.46. The van der Waals surface area contributed by atoms with Gasteiger partial charge in [-0.1, -0.05) is 19.1 Å². The maximum Gasteiger partial charge on any atom is 0.148 e. The Kier molecular flexibility index (Phi) is 3.87. The largest absolute Gasteiger partial charge is 0.508 e. The van der Waals surface area contributed by atoms with Gasteiger partial charge in [0.2, 0.25) is 0 Å². The van der Waals surface area contributed by atoms with E-state index in [1.165, 1.54) is 0 Å². The van der Waals surface area contributed by atoms with Crippen LogP contribution in [0.5, 0.6) is 5.75 Å². The van der Waals surface area contributed by atoms with Gasteiger partial charge >= 0.3 is 0 Å². The molecule has 0 radical (unpaired) electrons. The van der Waals surface area contributed by atoms with Crippen LogP contribution in [0.3, 0.4) is 0 Å². The van der Waals surface area contributed by atoms with Crippen LogP contribution < -0.4 is 5.32 Å². The quantitative estimate of drug-likeness (QED) is 0.850. The van der Waals surface area contributed by atoms with Crippen molar-refractivity contribution in [2.75, 3.05) is 5.32 Å². The Morgan fingerprint density at radius 2 is 2.22 bits per heavy atom. The highest BCUT2D eigenvalue weighted by molar-refractivity contribution is 5.35. The minimum atomic E-state index is 0.291. The van der Waals surface area contributed by atoms with Crippen molar-refractivity contribution in [2.45, 2.75) is 32.9 Å². The molecule has 0 amide bonds. The van der Waals surface area contributed by atoms with Gasteiger partial charge in [-0.25, -0.2) is 0 Å². The monoisotopic (exact) mass is 245 g/mol. The van der Waals surface area contributed by atoms with Gasteiger partial charge < -0.3 is 10.4 Å². The van der Waals surface area contributed by atoms with E-state index in [1.807, 2.05) is 29.1 Å². The van der Waals surface area contributed by atoms with Gasteiger partial charge in [-0.15, -0.1) is 0 Å². The molecule has 1 unspecified atom stereocenters. The summed E-state index contributed by atoms with van der Waals surface area (Å²) in [4.78, 5) is 0. The van der Waals surface area contributed by atoms with E-state index >= 15 is 0 Å². The van der Waals surface area contributed by atoms with Gasteiger partial charge in [0, 0.05) is 24.8 Å². The Morgan fingerprint density at radius 3 is 2.94 bits per heavy atom. The number of aromatic hydroxyl groups is 1. The summed E-state index contributed by atoms with van der Waals surface area (Å²) >= 11 is 0. The van der Waals surface area contributed by atoms with Gasteiger partial charge in [0.05, 0.1) is 0 Å². The number of hydrogen-bond acceptors (Lipinski definition) is 3. The summed E-state index contributed by atoms with van der Waals surface area (Å²) in [6.07, 6.45) is 3.05. The molecule has 2 rings (SSSR count). The number of hydrogen-bond donors (Lipinski definition) is 2. The fourth-order valence-electron chi connectivity index (χ4n) is 1.72. The van der Waals surface area contributed by atoms with Gasteiger partial charge in [-0.05, 0) is 31.0 Å². The van der Waals surface area contributed by atoms with Gasteiger partial charge in [-0.3, -0.25) is 4.68 Å². The number of phenols is 1. The van der Waals surface area contributed by atoms with Crippen molar-refractivity contribution in [1.82, 2.24) is 9.78 Å². The number of rotatable bonds is 5. The molecule has 0 fully saturated rings. The van der Waals surface area contributed by atoms with Crippen LogP contribution in [0.25, 0.3) is 0 Å². The molecule has 1 aromatic carbocycles. The molecule has 0 saturated heterocycles. The molecule has 18 heavy (non-hydrogen) atoms. The lowest BCUT2D eigenvalue weighted by Gasteiger charge is -2.08. The first-order valence-electron chi connectivity index (χ1n) is 6.26. The Balaban J connectivity index is 1.96. The van der Waals surface area contributed by atoms with Crippen molar-refractivity contribution in [1.29, 1.82) is 0 Å². The van der Waals surface area contributed by atoms with E-state index in [1.54, 1.807) is 12.1 Å². The molecule has 1 atom stereocenters. The van der Waals surface area contributed by atoms with Crippen molar-refractivity contribution in [3.05, 3.63) is 42.1 Å². The van der Waals surface area contributed by atoms with Crippen molar-refractivity contribution in [2.24, 2.45) is 0 Å². The number of nitrogens with one attached hydrogen (secondary N) is 1. The van der Waals surface area contributed by atoms with Crippen LogP contribution in [0, 0.1) is 0 Å². The van der Waals surface area contributed by atoms with E-state index in [0.29, 0.717) is 18.3 Å². The third kappa shape index (κ3) is 3.03. The maximum atomic E-state index is 9.37. The third-order valence-electron chi connectivity index (χ3n) is 3.03. The number of nitrogens with zero attached hydrogens (tertiary/aromatic N) is 2. The van der Waals surface area contributed by atoms with Crippen LogP contribution in [-0.2, 0) is 6.54 Å². The molecule has 2 aromatic rings. The molecule has 1 aromatic heterocycles. The van der Waals surface area contributed by atoms with Crippen LogP contribution >= 0.6 is 0 Å². The summed E-state index contributed by atoms with van der Waals surface area (Å²) in [7, 11) is 0. The summed E-state index contributed by atoms with van der Waals surface area (Å²) in [6.45, 7) is 4.95. The first-order valence-corrected chi connectivity index (χ1v) is 6.26. The molecule has 0 saturated carbocycles. The summed E-state index contributed by atoms with van der Waals surface area (Å²) in [5, 5.41) is 17.1. The summed E-state index contributed by atoms with van der Waals surface area (Å²) in [5.74, 6) is 1.15. The summed E-state index contributed by atoms with van der Waals surface area (Å²) in [5.41, 5.74) is 1.04. The first-order chi connectivity index (χ1) is 8.69. The highest BCUT2D eigenvalue weighted by Gasteiger charge is 2.04. The molecule has 0 aliphatic heterocycles. The van der Waals surface area contributed by atoms with E-state index in [4.69, 9.17) is 0 Å². The predicted molar refractivity (Wildman–Crippen MR) is 72.7 cm³/mol. The molecule has 4 nitrogen and oxygen atoms in total. The second-order valence-electron chi connectivity index (χ2n) is 4.46. The normalized spacial score (nSPS) is 12.3. The van der Waals surface area contributed by atoms with E-state index in [-0.39, 0.29) is 0 Å². The highest BCUT2D eigenvalue weighted by Crippen LogP contribution is 2.14. The van der Waals surface area contributed by atoms with Crippen molar-refractivity contribution in [3.8, 4) is 5.75 Å². The van der Waals surface area contributed by atoms with Crippen LogP contribution in [0.2, 0.25) is 0 Å². The molecule has 0 bridgehead atoms. The zero-order valence-corrected chi connectivity index (χ0v) is 10.8. The van der Waals surface area contributed by atoms with E-state index in [2.05, 4.69) is 24.3 Å². The highest BCUT2D eigenvalue weighted by atomic mass is 16.3. The fraction of sp³-hybridized carbons (Fsp3) is 0.357. The van der Waals surface area contributed by atoms with Crippen LogP contribution in [0.1, 0.15) is 31.9 Å². The van der Waals surface area contributed by atoms with Crippen LogP contribution in [0.15, 0.2) is 36.5 Å². The zero-order valence-electron chi connectivity index (χ0n) is 10.8. The lowest BCUT2D eigenvalue weighted by atomic mass is 10.2. The smallest absolute Gasteiger partial charge is 0.148 e. The van der Waals surface area contributed by atoms with Crippen LogP contribution in [-0.4, -0.2) is 14.9 Å². The third-order valence-corrected chi connectivity index (χ3v) is 3.03. The summed E-state index contributed by atoms with van der Waals surface area (Å²) < 4.78 is 1.96. The van der Waals surface area contributed by atoms with E-state index < -0.39 is 0 Å². The molecule has 96 valence electrons. The van der Waals surface area contributed by atoms with Crippen molar-refractivity contribution >= 4 is 5.82 Å². The molecular formula is C14H19N3O. The number of benzene rings is 1. The first kappa shape index (κ1) is 12.5. The fourth-order valence-corrected chi connectivity index (χ4v) is 1.72. The van der Waals surface area contributed by atoms with Crippen molar-refractivity contribution < 1.29 is 5.11 Å². The molecule has 2 N–H and O–H groups in total. The van der Waals surface area contributed by atoms with Crippen molar-refractivity contribution in [3.63, 3.8) is 0 Å². The molecule has 0 aliphatic rings. The number of aromatic nitrogens is 2. The maximum absolute atomic E-state index is 9.37. The molecule has 0 spiro atoms. The molecular weight excluding hydrogens is 226 g/mol. The zero-order chi connectivity index (χ0) is 13.0. The molecule has 4 heteroatoms. The average Bonchev–Trinajstić information content (AvgIpc) is 2.84. The van der Waals surface area contributed by atoms with Gasteiger partial charge in [-0.2, -0.15) is 5.10 Å². The predicted octanol–water partition coefficient (Wildman–Crippen LogP) is 3.17. The summed E-state index contributed by atoms with van der Waals surface area (Å²) in [6, 6.07) is 9.61. The Morgan fingerprint density at radius 1 is 1.39 bits per heavy atom. The van der Waals surface area contributed by atoms with Gasteiger partial charge in [0.15, 0.2) is 0 Å². The Bertz CT molecular complexity index is 507. The Hall–Kier alpha value is -1.97. The standard InChI is InChI=1S/C14H19N3O/c1-3-11(2)17-8-7-14(16-17)15-10-12-5-4-6-13(18)9-12/h4-9,11,18H,3,10H2,1-2H3,(H,15,16). The van der Waals surface area contributed by atoms with E-state index in [9.17, 15) is 5.11 Å². The minimum Gasteiger partial charge on any atom is -0.508 e. The van der Waals surface area contributed by atoms with Gasteiger partial charge in [0.25, 0.3) is 0 Å². The van der Waals surface area contributed by atoms with E-state index in [0.717, 1.165) is 17.8 Å².